The summed E-state index contributed by atoms with van der Waals surface area (Å²) >= 11 is 0. The van der Waals surface area contributed by atoms with Crippen molar-refractivity contribution in [2.24, 2.45) is 0 Å². The van der Waals surface area contributed by atoms with Crippen LogP contribution in [0.5, 0.6) is 0 Å². The van der Waals surface area contributed by atoms with Gasteiger partial charge in [-0.1, -0.05) is 25.3 Å². The molecule has 1 aliphatic carbocycles. The molecule has 4 rings (SSSR count). The van der Waals surface area contributed by atoms with Crippen LogP contribution in [0, 0.1) is 0 Å². The molecule has 8 heteroatoms. The highest BCUT2D eigenvalue weighted by Gasteiger charge is 2.45. The minimum atomic E-state index is -0.928. The SMILES string of the molecule is CO.O=C1CCC(N2C(=O)c3cccc(NC4CCCCC4)c3C2=O)C(=O)N1. The van der Waals surface area contributed by atoms with Crippen LogP contribution in [0.25, 0.3) is 0 Å². The smallest absolute Gasteiger partial charge is 0.264 e. The quantitative estimate of drug-likeness (QED) is 0.676. The molecule has 2 aliphatic heterocycles. The molecule has 150 valence electrons. The maximum Gasteiger partial charge on any atom is 0.264 e. The minimum absolute atomic E-state index is 0.122. The fourth-order valence-electron chi connectivity index (χ4n) is 4.10. The zero-order chi connectivity index (χ0) is 20.3. The molecule has 8 nitrogen and oxygen atoms in total. The molecule has 1 aromatic rings. The summed E-state index contributed by atoms with van der Waals surface area (Å²) in [5.41, 5.74) is 1.32. The van der Waals surface area contributed by atoms with Crippen LogP contribution in [0.1, 0.15) is 65.7 Å². The lowest BCUT2D eigenvalue weighted by molar-refractivity contribution is -0.136. The molecule has 1 unspecified atom stereocenters. The Bertz CT molecular complexity index is 801. The average molecular weight is 387 g/mol. The van der Waals surface area contributed by atoms with E-state index in [1.54, 1.807) is 12.1 Å². The van der Waals surface area contributed by atoms with Crippen molar-refractivity contribution in [2.45, 2.75) is 57.0 Å². The van der Waals surface area contributed by atoms with Crippen molar-refractivity contribution < 1.29 is 24.3 Å². The summed E-state index contributed by atoms with van der Waals surface area (Å²) in [6, 6.07) is 4.55. The first kappa shape index (κ1) is 20.0. The number of hydrogen-bond acceptors (Lipinski definition) is 6. The van der Waals surface area contributed by atoms with Crippen LogP contribution in [0.3, 0.4) is 0 Å². The molecule has 4 amide bonds. The van der Waals surface area contributed by atoms with E-state index in [-0.39, 0.29) is 18.7 Å². The molecule has 0 aromatic heterocycles. The Morgan fingerprint density at radius 3 is 2.39 bits per heavy atom. The number of piperidine rings is 1. The first-order chi connectivity index (χ1) is 13.6. The number of fused-ring (bicyclic) bond motifs is 1. The van der Waals surface area contributed by atoms with Gasteiger partial charge >= 0.3 is 0 Å². The van der Waals surface area contributed by atoms with Gasteiger partial charge in [-0.25, -0.2) is 0 Å². The number of aliphatic hydroxyl groups excluding tert-OH is 1. The highest BCUT2D eigenvalue weighted by molar-refractivity contribution is 6.25. The van der Waals surface area contributed by atoms with Gasteiger partial charge < -0.3 is 10.4 Å². The van der Waals surface area contributed by atoms with Crippen LogP contribution in [0.2, 0.25) is 0 Å². The third kappa shape index (κ3) is 3.64. The number of aliphatic hydroxyl groups is 1. The van der Waals surface area contributed by atoms with Gasteiger partial charge in [0.05, 0.1) is 11.1 Å². The molecular weight excluding hydrogens is 362 g/mol. The maximum atomic E-state index is 13.0. The number of rotatable bonds is 3. The van der Waals surface area contributed by atoms with Crippen LogP contribution in [0.15, 0.2) is 18.2 Å². The number of amides is 4. The average Bonchev–Trinajstić information content (AvgIpc) is 2.96. The number of carbonyl (C=O) groups excluding carboxylic acids is 4. The van der Waals surface area contributed by atoms with E-state index in [1.165, 1.54) is 6.42 Å². The predicted octanol–water partition coefficient (Wildman–Crippen LogP) is 1.44. The lowest BCUT2D eigenvalue weighted by Crippen LogP contribution is -2.54. The van der Waals surface area contributed by atoms with Crippen LogP contribution in [-0.4, -0.2) is 52.8 Å². The van der Waals surface area contributed by atoms with Crippen LogP contribution < -0.4 is 10.6 Å². The molecule has 1 saturated heterocycles. The normalized spacial score (nSPS) is 22.4. The van der Waals surface area contributed by atoms with Crippen LogP contribution in [0.4, 0.5) is 5.69 Å². The van der Waals surface area contributed by atoms with Crippen molar-refractivity contribution in [3.8, 4) is 0 Å². The lowest BCUT2D eigenvalue weighted by Gasteiger charge is -2.28. The summed E-state index contributed by atoms with van der Waals surface area (Å²) in [5, 5.41) is 12.6. The fourth-order valence-corrected chi connectivity index (χ4v) is 4.10. The summed E-state index contributed by atoms with van der Waals surface area (Å²) < 4.78 is 0. The summed E-state index contributed by atoms with van der Waals surface area (Å²) in [6.45, 7) is 0. The Kier molecular flexibility index (Phi) is 6.08. The van der Waals surface area contributed by atoms with Gasteiger partial charge in [-0.2, -0.15) is 0 Å². The molecule has 1 aromatic carbocycles. The number of benzene rings is 1. The second kappa shape index (κ2) is 8.52. The van der Waals surface area contributed by atoms with Gasteiger partial charge in [0.1, 0.15) is 6.04 Å². The third-order valence-electron chi connectivity index (χ3n) is 5.43. The Balaban J connectivity index is 0.00000109. The van der Waals surface area contributed by atoms with Gasteiger partial charge in [0.2, 0.25) is 11.8 Å². The van der Waals surface area contributed by atoms with Gasteiger partial charge in [-0.3, -0.25) is 29.4 Å². The Morgan fingerprint density at radius 1 is 1.00 bits per heavy atom. The Labute approximate surface area is 163 Å². The Hall–Kier alpha value is -2.74. The van der Waals surface area contributed by atoms with E-state index in [9.17, 15) is 19.2 Å². The van der Waals surface area contributed by atoms with Crippen LogP contribution in [-0.2, 0) is 9.59 Å². The van der Waals surface area contributed by atoms with Gasteiger partial charge in [-0.05, 0) is 31.4 Å². The second-order valence-electron chi connectivity index (χ2n) is 7.15. The monoisotopic (exact) mass is 387 g/mol. The van der Waals surface area contributed by atoms with Gasteiger partial charge in [0.15, 0.2) is 0 Å². The summed E-state index contributed by atoms with van der Waals surface area (Å²) in [6.07, 6.45) is 5.92. The lowest BCUT2D eigenvalue weighted by atomic mass is 9.95. The largest absolute Gasteiger partial charge is 0.400 e. The van der Waals surface area contributed by atoms with Gasteiger partial charge in [0.25, 0.3) is 11.8 Å². The van der Waals surface area contributed by atoms with Crippen LogP contribution >= 0.6 is 0 Å². The zero-order valence-electron chi connectivity index (χ0n) is 15.9. The molecule has 28 heavy (non-hydrogen) atoms. The first-order valence-corrected chi connectivity index (χ1v) is 9.62. The maximum absolute atomic E-state index is 13.0. The molecule has 2 heterocycles. The molecule has 2 fully saturated rings. The number of hydrogen-bond donors (Lipinski definition) is 3. The molecule has 0 radical (unpaired) electrons. The molecule has 0 bridgehead atoms. The van der Waals surface area contributed by atoms with Crippen molar-refractivity contribution in [3.63, 3.8) is 0 Å². The van der Waals surface area contributed by atoms with Crippen molar-refractivity contribution in [1.82, 2.24) is 10.2 Å². The number of nitrogens with zero attached hydrogens (tertiary/aromatic N) is 1. The zero-order valence-corrected chi connectivity index (χ0v) is 15.9. The molecule has 1 atom stereocenters. The number of imide groups is 2. The second-order valence-corrected chi connectivity index (χ2v) is 7.15. The topological polar surface area (TPSA) is 116 Å². The minimum Gasteiger partial charge on any atom is -0.400 e. The number of nitrogens with one attached hydrogen (secondary N) is 2. The van der Waals surface area contributed by atoms with E-state index < -0.39 is 23.8 Å². The summed E-state index contributed by atoms with van der Waals surface area (Å²) in [4.78, 5) is 50.3. The van der Waals surface area contributed by atoms with Gasteiger partial charge in [-0.15, -0.1) is 0 Å². The van der Waals surface area contributed by atoms with Crippen molar-refractivity contribution in [1.29, 1.82) is 0 Å². The van der Waals surface area contributed by atoms with E-state index in [4.69, 9.17) is 5.11 Å². The standard InChI is InChI=1S/C19H21N3O4.CH4O/c23-15-10-9-14(17(24)21-15)22-18(25)12-7-4-8-13(16(12)19(22)26)20-11-5-2-1-3-6-11;1-2/h4,7-8,11,14,20H,1-3,5-6,9-10H2,(H,21,23,24);2H,1H3. The Morgan fingerprint density at radius 2 is 1.71 bits per heavy atom. The molecule has 0 spiro atoms. The van der Waals surface area contributed by atoms with Crippen molar-refractivity contribution in [2.75, 3.05) is 12.4 Å². The number of carbonyl (C=O) groups is 4. The first-order valence-electron chi connectivity index (χ1n) is 9.62. The fraction of sp³-hybridized carbons (Fsp3) is 0.500. The van der Waals surface area contributed by atoms with Crippen molar-refractivity contribution in [3.05, 3.63) is 29.3 Å². The molecular formula is C20H25N3O5. The predicted molar refractivity (Wildman–Crippen MR) is 102 cm³/mol. The highest BCUT2D eigenvalue weighted by Crippen LogP contribution is 2.33. The van der Waals surface area contributed by atoms with E-state index in [1.807, 2.05) is 6.07 Å². The third-order valence-corrected chi connectivity index (χ3v) is 5.43. The summed E-state index contributed by atoms with van der Waals surface area (Å²) in [7, 11) is 1.00. The van der Waals surface area contributed by atoms with Crippen molar-refractivity contribution >= 4 is 29.3 Å². The molecule has 3 N–H and O–H groups in total. The van der Waals surface area contributed by atoms with Gasteiger partial charge in [0, 0.05) is 25.3 Å². The van der Waals surface area contributed by atoms with E-state index in [0.29, 0.717) is 22.9 Å². The van der Waals surface area contributed by atoms with E-state index in [0.717, 1.165) is 37.7 Å². The molecule has 3 aliphatic rings. The van der Waals surface area contributed by atoms with E-state index in [2.05, 4.69) is 10.6 Å². The molecule has 1 saturated carbocycles. The highest BCUT2D eigenvalue weighted by atomic mass is 16.2. The van der Waals surface area contributed by atoms with E-state index >= 15 is 0 Å². The summed E-state index contributed by atoms with van der Waals surface area (Å²) in [5.74, 6) is -1.88. The number of anilines is 1.